The number of benzene rings is 1. The Labute approximate surface area is 219 Å². The van der Waals surface area contributed by atoms with Crippen molar-refractivity contribution >= 4 is 40.7 Å². The van der Waals surface area contributed by atoms with Crippen molar-refractivity contribution in [1.29, 1.82) is 0 Å². The molecule has 0 aliphatic carbocycles. The first kappa shape index (κ1) is 24.7. The van der Waals surface area contributed by atoms with E-state index in [4.69, 9.17) is 9.15 Å². The van der Waals surface area contributed by atoms with Gasteiger partial charge in [-0.1, -0.05) is 23.5 Å². The molecule has 0 unspecified atom stereocenters. The van der Waals surface area contributed by atoms with E-state index < -0.39 is 18.0 Å². The highest BCUT2D eigenvalue weighted by Gasteiger charge is 2.33. The lowest BCUT2D eigenvalue weighted by atomic mass is 10.0. The van der Waals surface area contributed by atoms with Crippen LogP contribution < -0.4 is 14.9 Å². The maximum Gasteiger partial charge on any atom is 0.338 e. The van der Waals surface area contributed by atoms with Crippen LogP contribution in [0.4, 0.5) is 0 Å². The van der Waals surface area contributed by atoms with Crippen LogP contribution in [0.25, 0.3) is 17.4 Å². The second-order valence-corrected chi connectivity index (χ2v) is 10.3. The van der Waals surface area contributed by atoms with Crippen molar-refractivity contribution in [3.05, 3.63) is 101 Å². The number of thiophene rings is 1. The third-order valence-electron chi connectivity index (χ3n) is 5.97. The number of hydrogen-bond acceptors (Lipinski definition) is 8. The highest BCUT2D eigenvalue weighted by Crippen LogP contribution is 2.33. The maximum absolute atomic E-state index is 13.6. The van der Waals surface area contributed by atoms with E-state index in [9.17, 15) is 19.5 Å². The summed E-state index contributed by atoms with van der Waals surface area (Å²) in [5.74, 6) is -0.454. The van der Waals surface area contributed by atoms with Crippen molar-refractivity contribution in [2.45, 2.75) is 26.8 Å². The highest BCUT2D eigenvalue weighted by molar-refractivity contribution is 7.10. The van der Waals surface area contributed by atoms with Crippen LogP contribution in [0.15, 0.2) is 73.3 Å². The molecule has 10 heteroatoms. The Morgan fingerprint density at radius 1 is 1.22 bits per heavy atom. The average Bonchev–Trinajstić information content (AvgIpc) is 3.60. The van der Waals surface area contributed by atoms with Gasteiger partial charge in [0.15, 0.2) is 4.80 Å². The minimum Gasteiger partial charge on any atom is -0.478 e. The number of fused-ring (bicyclic) bond motifs is 1. The number of carboxylic acids is 1. The van der Waals surface area contributed by atoms with Gasteiger partial charge in [-0.2, -0.15) is 0 Å². The van der Waals surface area contributed by atoms with Gasteiger partial charge in [0.05, 0.1) is 28.0 Å². The number of rotatable bonds is 6. The van der Waals surface area contributed by atoms with Crippen molar-refractivity contribution in [2.24, 2.45) is 4.99 Å². The van der Waals surface area contributed by atoms with E-state index in [1.807, 2.05) is 24.4 Å². The molecule has 37 heavy (non-hydrogen) atoms. The Kier molecular flexibility index (Phi) is 6.53. The van der Waals surface area contributed by atoms with Gasteiger partial charge in [0, 0.05) is 16.5 Å². The van der Waals surface area contributed by atoms with E-state index in [0.29, 0.717) is 32.1 Å². The monoisotopic (exact) mass is 534 g/mol. The number of aromatic carboxylic acids is 1. The highest BCUT2D eigenvalue weighted by atomic mass is 32.1. The molecule has 1 aliphatic heterocycles. The number of furan rings is 1. The predicted octanol–water partition coefficient (Wildman–Crippen LogP) is 4.13. The molecular weight excluding hydrogens is 512 g/mol. The van der Waals surface area contributed by atoms with E-state index in [2.05, 4.69) is 4.99 Å². The molecule has 1 aliphatic rings. The fraction of sp³-hybridized carbons (Fsp3) is 0.185. The van der Waals surface area contributed by atoms with E-state index in [0.717, 1.165) is 16.0 Å². The largest absolute Gasteiger partial charge is 0.478 e. The van der Waals surface area contributed by atoms with E-state index >= 15 is 0 Å². The molecule has 0 bridgehead atoms. The fourth-order valence-corrected chi connectivity index (χ4v) is 6.14. The van der Waals surface area contributed by atoms with Crippen molar-refractivity contribution in [2.75, 3.05) is 6.61 Å². The zero-order valence-electron chi connectivity index (χ0n) is 20.2. The van der Waals surface area contributed by atoms with Gasteiger partial charge in [-0.15, -0.1) is 11.3 Å². The maximum atomic E-state index is 13.6. The summed E-state index contributed by atoms with van der Waals surface area (Å²) in [6.45, 7) is 5.52. The van der Waals surface area contributed by atoms with Gasteiger partial charge in [0.1, 0.15) is 17.6 Å². The van der Waals surface area contributed by atoms with Gasteiger partial charge in [-0.25, -0.2) is 14.6 Å². The molecule has 4 heterocycles. The molecule has 0 radical (unpaired) electrons. The average molecular weight is 535 g/mol. The van der Waals surface area contributed by atoms with Gasteiger partial charge >= 0.3 is 11.9 Å². The first-order chi connectivity index (χ1) is 17.8. The molecule has 0 saturated heterocycles. The zero-order chi connectivity index (χ0) is 26.3. The molecule has 0 fully saturated rings. The number of carbonyl (C=O) groups excluding carboxylic acids is 1. The Hall–Kier alpha value is -4.02. The second kappa shape index (κ2) is 9.79. The number of carbonyl (C=O) groups is 2. The molecular formula is C27H22N2O6S2. The number of nitrogens with zero attached hydrogens (tertiary/aromatic N) is 2. The summed E-state index contributed by atoms with van der Waals surface area (Å²) in [7, 11) is 0. The second-order valence-electron chi connectivity index (χ2n) is 8.35. The first-order valence-corrected chi connectivity index (χ1v) is 13.1. The van der Waals surface area contributed by atoms with Crippen molar-refractivity contribution in [3.8, 4) is 11.3 Å². The number of aryl methyl sites for hydroxylation is 1. The Morgan fingerprint density at radius 2 is 2.03 bits per heavy atom. The summed E-state index contributed by atoms with van der Waals surface area (Å²) in [5, 5.41) is 11.1. The van der Waals surface area contributed by atoms with Crippen molar-refractivity contribution in [1.82, 2.24) is 4.57 Å². The lowest BCUT2D eigenvalue weighted by Crippen LogP contribution is -2.39. The van der Waals surface area contributed by atoms with Gasteiger partial charge < -0.3 is 14.3 Å². The summed E-state index contributed by atoms with van der Waals surface area (Å²) in [6, 6.07) is 11.5. The number of carboxylic acid groups (broad SMARTS) is 1. The van der Waals surface area contributed by atoms with Crippen LogP contribution in [0, 0.1) is 6.92 Å². The number of hydrogen-bond donors (Lipinski definition) is 1. The smallest absolute Gasteiger partial charge is 0.338 e. The van der Waals surface area contributed by atoms with Crippen LogP contribution in [0.2, 0.25) is 0 Å². The third kappa shape index (κ3) is 4.49. The predicted molar refractivity (Wildman–Crippen MR) is 141 cm³/mol. The SMILES string of the molecule is CCOC(=O)C1=C(C)N=c2s/c(=C\c3ccc(-c4ccc(C(=O)O)cc4C)o3)c(=O)n2[C@@H]1c1cccs1. The van der Waals surface area contributed by atoms with Crippen molar-refractivity contribution < 1.29 is 23.8 Å². The Balaban J connectivity index is 1.59. The fourth-order valence-electron chi connectivity index (χ4n) is 4.29. The Bertz CT molecular complexity index is 1740. The van der Waals surface area contributed by atoms with Gasteiger partial charge in [0.25, 0.3) is 5.56 Å². The molecule has 1 N–H and O–H groups in total. The van der Waals surface area contributed by atoms with Crippen LogP contribution in [-0.4, -0.2) is 28.2 Å². The summed E-state index contributed by atoms with van der Waals surface area (Å²) in [4.78, 5) is 43.6. The molecule has 0 saturated carbocycles. The normalized spacial score (nSPS) is 15.4. The molecule has 0 spiro atoms. The summed E-state index contributed by atoms with van der Waals surface area (Å²) in [6.07, 6.45) is 1.66. The van der Waals surface area contributed by atoms with E-state index in [1.165, 1.54) is 28.7 Å². The molecule has 188 valence electrons. The van der Waals surface area contributed by atoms with Crippen LogP contribution in [0.3, 0.4) is 0 Å². The zero-order valence-corrected chi connectivity index (χ0v) is 21.8. The van der Waals surface area contributed by atoms with Gasteiger partial charge in [-0.3, -0.25) is 9.36 Å². The number of thiazole rings is 1. The molecule has 3 aromatic heterocycles. The number of allylic oxidation sites excluding steroid dienone is 1. The van der Waals surface area contributed by atoms with Crippen LogP contribution in [0.5, 0.6) is 0 Å². The van der Waals surface area contributed by atoms with Crippen LogP contribution in [0.1, 0.15) is 46.4 Å². The van der Waals surface area contributed by atoms with Crippen LogP contribution >= 0.6 is 22.7 Å². The molecule has 4 aromatic rings. The summed E-state index contributed by atoms with van der Waals surface area (Å²) in [5.41, 5.74) is 2.31. The molecule has 5 rings (SSSR count). The lowest BCUT2D eigenvalue weighted by Gasteiger charge is -2.23. The van der Waals surface area contributed by atoms with Gasteiger partial charge in [-0.05, 0) is 62.0 Å². The molecule has 1 atom stereocenters. The number of ether oxygens (including phenoxy) is 1. The van der Waals surface area contributed by atoms with Crippen molar-refractivity contribution in [3.63, 3.8) is 0 Å². The topological polar surface area (TPSA) is 111 Å². The molecule has 8 nitrogen and oxygen atoms in total. The minimum atomic E-state index is -0.993. The van der Waals surface area contributed by atoms with Crippen LogP contribution in [-0.2, 0) is 9.53 Å². The van der Waals surface area contributed by atoms with E-state index in [1.54, 1.807) is 48.8 Å². The number of aromatic nitrogens is 1. The molecule has 0 amide bonds. The Morgan fingerprint density at radius 3 is 2.70 bits per heavy atom. The summed E-state index contributed by atoms with van der Waals surface area (Å²) >= 11 is 2.68. The standard InChI is InChI=1S/C27H22N2O6S2/c1-4-34-26(33)22-15(3)28-27-29(23(22)20-6-5-11-36-20)24(30)21(37-27)13-17-8-10-19(35-17)18-9-7-16(25(31)32)12-14(18)2/h5-13,23H,4H2,1-3H3,(H,31,32)/b21-13-/t23-/m1/s1. The van der Waals surface area contributed by atoms with Gasteiger partial charge in [0.2, 0.25) is 0 Å². The lowest BCUT2D eigenvalue weighted by molar-refractivity contribution is -0.139. The molecule has 1 aromatic carbocycles. The number of esters is 1. The quantitative estimate of drug-likeness (QED) is 0.373. The minimum absolute atomic E-state index is 0.201. The first-order valence-electron chi connectivity index (χ1n) is 11.5. The summed E-state index contributed by atoms with van der Waals surface area (Å²) < 4.78 is 13.2. The van der Waals surface area contributed by atoms with E-state index in [-0.39, 0.29) is 17.7 Å². The third-order valence-corrected chi connectivity index (χ3v) is 7.88.